The highest BCUT2D eigenvalue weighted by molar-refractivity contribution is 9.10. The molecule has 0 aliphatic rings. The fourth-order valence-electron chi connectivity index (χ4n) is 1.89. The molecule has 0 unspecified atom stereocenters. The Balaban J connectivity index is 2.15. The molecule has 2 N–H and O–H groups in total. The van der Waals surface area contributed by atoms with Crippen LogP contribution in [0.1, 0.15) is 11.1 Å². The van der Waals surface area contributed by atoms with E-state index in [1.165, 1.54) is 42.6 Å². The summed E-state index contributed by atoms with van der Waals surface area (Å²) < 4.78 is 0.714. The number of hydrogen-bond donors (Lipinski definition) is 2. The van der Waals surface area contributed by atoms with Crippen molar-refractivity contribution >= 4 is 39.8 Å². The third kappa shape index (κ3) is 4.99. The highest BCUT2D eigenvalue weighted by atomic mass is 79.9. The lowest BCUT2D eigenvalue weighted by molar-refractivity contribution is -0.384. The van der Waals surface area contributed by atoms with Gasteiger partial charge in [-0.2, -0.15) is 10.4 Å². The third-order valence-corrected chi connectivity index (χ3v) is 3.61. The number of rotatable bonds is 5. The van der Waals surface area contributed by atoms with Gasteiger partial charge in [-0.1, -0.05) is 28.1 Å². The molecule has 0 atom stereocenters. The number of hydrogen-bond acceptors (Lipinski definition) is 6. The molecule has 0 fully saturated rings. The Hall–Kier alpha value is -3.51. The Morgan fingerprint density at radius 3 is 2.81 bits per heavy atom. The largest absolute Gasteiger partial charge is 0.507 e. The van der Waals surface area contributed by atoms with Crippen molar-refractivity contribution in [1.82, 2.24) is 5.43 Å². The molecular formula is C17H11BrN4O4. The first-order valence-electron chi connectivity index (χ1n) is 7.09. The van der Waals surface area contributed by atoms with Gasteiger partial charge in [0.05, 0.1) is 11.1 Å². The monoisotopic (exact) mass is 414 g/mol. The molecule has 0 spiro atoms. The van der Waals surface area contributed by atoms with E-state index >= 15 is 0 Å². The zero-order valence-electron chi connectivity index (χ0n) is 13.1. The Bertz CT molecular complexity index is 963. The van der Waals surface area contributed by atoms with E-state index in [0.717, 1.165) is 0 Å². The topological polar surface area (TPSA) is 129 Å². The van der Waals surface area contributed by atoms with Crippen molar-refractivity contribution in [3.63, 3.8) is 0 Å². The number of nitro groups is 1. The summed E-state index contributed by atoms with van der Waals surface area (Å²) in [5.41, 5.74) is 2.43. The van der Waals surface area contributed by atoms with Gasteiger partial charge >= 0.3 is 0 Å². The minimum absolute atomic E-state index is 0.0288. The third-order valence-electron chi connectivity index (χ3n) is 3.12. The van der Waals surface area contributed by atoms with Crippen LogP contribution in [-0.4, -0.2) is 22.2 Å². The molecule has 0 radical (unpaired) electrons. The fraction of sp³-hybridized carbons (Fsp3) is 0. The number of phenols is 1. The number of aromatic hydroxyl groups is 1. The van der Waals surface area contributed by atoms with Gasteiger partial charge in [0.2, 0.25) is 0 Å². The maximum atomic E-state index is 12.0. The van der Waals surface area contributed by atoms with Gasteiger partial charge in [-0.05, 0) is 29.8 Å². The summed E-state index contributed by atoms with van der Waals surface area (Å²) in [5.74, 6) is -0.816. The molecule has 2 rings (SSSR count). The van der Waals surface area contributed by atoms with Gasteiger partial charge in [0, 0.05) is 22.2 Å². The van der Waals surface area contributed by atoms with Gasteiger partial charge in [0.1, 0.15) is 17.4 Å². The van der Waals surface area contributed by atoms with Gasteiger partial charge in [-0.3, -0.25) is 14.9 Å². The number of halogens is 1. The summed E-state index contributed by atoms with van der Waals surface area (Å²) in [5, 5.41) is 33.3. The van der Waals surface area contributed by atoms with Crippen molar-refractivity contribution in [2.45, 2.75) is 0 Å². The molecule has 0 saturated carbocycles. The number of carbonyl (C=O) groups is 1. The number of amides is 1. The van der Waals surface area contributed by atoms with Crippen LogP contribution in [0, 0.1) is 21.4 Å². The van der Waals surface area contributed by atoms with Crippen LogP contribution in [0.5, 0.6) is 5.75 Å². The molecule has 8 nitrogen and oxygen atoms in total. The number of nitriles is 1. The highest BCUT2D eigenvalue weighted by Crippen LogP contribution is 2.20. The minimum Gasteiger partial charge on any atom is -0.507 e. The molecule has 0 bridgehead atoms. The van der Waals surface area contributed by atoms with E-state index in [4.69, 9.17) is 5.26 Å². The van der Waals surface area contributed by atoms with E-state index in [0.29, 0.717) is 15.6 Å². The first-order valence-corrected chi connectivity index (χ1v) is 7.88. The zero-order valence-corrected chi connectivity index (χ0v) is 14.7. The summed E-state index contributed by atoms with van der Waals surface area (Å²) in [6, 6.07) is 11.9. The number of nitrogens with one attached hydrogen (secondary N) is 1. The quantitative estimate of drug-likeness (QED) is 0.255. The minimum atomic E-state index is -0.787. The number of carbonyl (C=O) groups excluding carboxylic acids is 1. The molecule has 0 aliphatic carbocycles. The molecule has 2 aromatic rings. The summed E-state index contributed by atoms with van der Waals surface area (Å²) in [7, 11) is 0. The summed E-state index contributed by atoms with van der Waals surface area (Å²) in [6.07, 6.45) is 2.44. The molecule has 0 saturated heterocycles. The molecule has 0 heterocycles. The molecule has 26 heavy (non-hydrogen) atoms. The smallest absolute Gasteiger partial charge is 0.282 e. The van der Waals surface area contributed by atoms with Gasteiger partial charge in [-0.15, -0.1) is 0 Å². The SMILES string of the molecule is N#CC(=Cc1cccc([N+](=O)[O-])c1)C(=O)N/N=C/c1cc(Br)ccc1O. The predicted octanol–water partition coefficient (Wildman–Crippen LogP) is 3.12. The van der Waals surface area contributed by atoms with E-state index < -0.39 is 10.8 Å². The summed E-state index contributed by atoms with van der Waals surface area (Å²) in [6.45, 7) is 0. The van der Waals surface area contributed by atoms with E-state index in [-0.39, 0.29) is 17.0 Å². The molecule has 0 aromatic heterocycles. The van der Waals surface area contributed by atoms with Gasteiger partial charge in [0.15, 0.2) is 0 Å². The van der Waals surface area contributed by atoms with Crippen molar-refractivity contribution in [2.75, 3.05) is 0 Å². The number of benzene rings is 2. The van der Waals surface area contributed by atoms with E-state index in [1.807, 2.05) is 0 Å². The molecule has 1 amide bonds. The van der Waals surface area contributed by atoms with Crippen LogP contribution in [0.3, 0.4) is 0 Å². The second-order valence-electron chi connectivity index (χ2n) is 4.92. The maximum Gasteiger partial charge on any atom is 0.282 e. The van der Waals surface area contributed by atoms with Crippen molar-refractivity contribution in [3.05, 3.63) is 73.8 Å². The Kier molecular flexibility index (Phi) is 6.19. The van der Waals surface area contributed by atoms with Crippen LogP contribution >= 0.6 is 15.9 Å². The standard InChI is InChI=1S/C17H11BrN4O4/c18-14-4-5-16(23)13(8-14)10-20-21-17(24)12(9-19)6-11-2-1-3-15(7-11)22(25)26/h1-8,10,23H,(H,21,24)/b12-6?,20-10+. The Morgan fingerprint density at radius 2 is 2.12 bits per heavy atom. The average molecular weight is 415 g/mol. The first-order chi connectivity index (χ1) is 12.4. The van der Waals surface area contributed by atoms with Crippen LogP contribution in [0.25, 0.3) is 6.08 Å². The normalized spacial score (nSPS) is 11.2. The van der Waals surface area contributed by atoms with E-state index in [1.54, 1.807) is 18.2 Å². The number of nitro benzene ring substituents is 1. The van der Waals surface area contributed by atoms with Crippen LogP contribution < -0.4 is 5.43 Å². The van der Waals surface area contributed by atoms with Crippen LogP contribution in [-0.2, 0) is 4.79 Å². The molecule has 2 aromatic carbocycles. The second kappa shape index (κ2) is 8.55. The zero-order chi connectivity index (χ0) is 19.1. The van der Waals surface area contributed by atoms with Crippen LogP contribution in [0.4, 0.5) is 5.69 Å². The lowest BCUT2D eigenvalue weighted by Crippen LogP contribution is -2.19. The first kappa shape index (κ1) is 18.8. The maximum absolute atomic E-state index is 12.0. The van der Waals surface area contributed by atoms with Crippen LogP contribution in [0.15, 0.2) is 57.6 Å². The molecular weight excluding hydrogens is 404 g/mol. The van der Waals surface area contributed by atoms with Gasteiger partial charge < -0.3 is 5.11 Å². The molecule has 9 heteroatoms. The summed E-state index contributed by atoms with van der Waals surface area (Å²) in [4.78, 5) is 22.2. The fourth-order valence-corrected chi connectivity index (χ4v) is 2.27. The van der Waals surface area contributed by atoms with Crippen molar-refractivity contribution in [3.8, 4) is 11.8 Å². The van der Waals surface area contributed by atoms with Crippen molar-refractivity contribution in [2.24, 2.45) is 5.10 Å². The second-order valence-corrected chi connectivity index (χ2v) is 5.84. The number of phenolic OH excluding ortho intramolecular Hbond substituents is 1. The van der Waals surface area contributed by atoms with Crippen LogP contribution in [0.2, 0.25) is 0 Å². The molecule has 0 aliphatic heterocycles. The number of nitrogens with zero attached hydrogens (tertiary/aromatic N) is 3. The van der Waals surface area contributed by atoms with Crippen molar-refractivity contribution < 1.29 is 14.8 Å². The highest BCUT2D eigenvalue weighted by Gasteiger charge is 2.10. The predicted molar refractivity (Wildman–Crippen MR) is 98.2 cm³/mol. The number of non-ortho nitro benzene ring substituents is 1. The Morgan fingerprint density at radius 1 is 1.35 bits per heavy atom. The lowest BCUT2D eigenvalue weighted by atomic mass is 10.1. The van der Waals surface area contributed by atoms with Gasteiger partial charge in [0.25, 0.3) is 11.6 Å². The molecule has 130 valence electrons. The lowest BCUT2D eigenvalue weighted by Gasteiger charge is -2.01. The average Bonchev–Trinajstić information content (AvgIpc) is 2.62. The summed E-state index contributed by atoms with van der Waals surface area (Å²) >= 11 is 3.24. The van der Waals surface area contributed by atoms with E-state index in [2.05, 4.69) is 26.5 Å². The Labute approximate surface area is 156 Å². The van der Waals surface area contributed by atoms with Gasteiger partial charge in [-0.25, -0.2) is 5.43 Å². The van der Waals surface area contributed by atoms with Crippen molar-refractivity contribution in [1.29, 1.82) is 5.26 Å². The van der Waals surface area contributed by atoms with E-state index in [9.17, 15) is 20.0 Å². The number of hydrazone groups is 1.